The summed E-state index contributed by atoms with van der Waals surface area (Å²) in [5.41, 5.74) is 6.89. The van der Waals surface area contributed by atoms with Crippen LogP contribution in [0.25, 0.3) is 0 Å². The summed E-state index contributed by atoms with van der Waals surface area (Å²) >= 11 is 0. The van der Waals surface area contributed by atoms with E-state index in [1.54, 1.807) is 10.9 Å². The lowest BCUT2D eigenvalue weighted by Gasteiger charge is -2.01. The van der Waals surface area contributed by atoms with Crippen LogP contribution in [-0.4, -0.2) is 19.9 Å². The van der Waals surface area contributed by atoms with Gasteiger partial charge in [-0.25, -0.2) is 0 Å². The van der Waals surface area contributed by atoms with Crippen molar-refractivity contribution >= 4 is 0 Å². The molecule has 1 atom stereocenters. The molecule has 0 aliphatic rings. The molecule has 6 nitrogen and oxygen atoms in total. The van der Waals surface area contributed by atoms with Crippen LogP contribution in [0, 0.1) is 5.92 Å². The smallest absolute Gasteiger partial charge is 0.248 e. The summed E-state index contributed by atoms with van der Waals surface area (Å²) in [7, 11) is 1.84. The molecule has 17 heavy (non-hydrogen) atoms. The number of hydrogen-bond acceptors (Lipinski definition) is 5. The van der Waals surface area contributed by atoms with E-state index in [9.17, 15) is 0 Å². The van der Waals surface area contributed by atoms with Crippen LogP contribution in [-0.2, 0) is 13.5 Å². The number of nitrogens with zero attached hydrogens (tertiary/aromatic N) is 4. The van der Waals surface area contributed by atoms with Crippen molar-refractivity contribution in [2.45, 2.75) is 26.3 Å². The third kappa shape index (κ3) is 2.71. The third-order valence-electron chi connectivity index (χ3n) is 2.42. The average Bonchev–Trinajstić information content (AvgIpc) is 2.85. The minimum Gasteiger partial charge on any atom is -0.337 e. The van der Waals surface area contributed by atoms with E-state index in [4.69, 9.17) is 10.3 Å². The second-order valence-electron chi connectivity index (χ2n) is 4.57. The van der Waals surface area contributed by atoms with E-state index in [1.807, 2.05) is 13.2 Å². The molecule has 0 spiro atoms. The van der Waals surface area contributed by atoms with Crippen molar-refractivity contribution in [3.05, 3.63) is 29.7 Å². The first-order valence-electron chi connectivity index (χ1n) is 5.63. The lowest BCUT2D eigenvalue weighted by molar-refractivity contribution is 0.360. The zero-order valence-corrected chi connectivity index (χ0v) is 10.3. The second kappa shape index (κ2) is 4.67. The van der Waals surface area contributed by atoms with Crippen LogP contribution in [0.15, 0.2) is 16.9 Å². The van der Waals surface area contributed by atoms with Gasteiger partial charge in [-0.1, -0.05) is 19.0 Å². The molecule has 0 fully saturated rings. The van der Waals surface area contributed by atoms with Crippen LogP contribution < -0.4 is 5.73 Å². The number of hydrogen-bond donors (Lipinski definition) is 1. The molecular formula is C11H17N5O. The van der Waals surface area contributed by atoms with Gasteiger partial charge >= 0.3 is 0 Å². The quantitative estimate of drug-likeness (QED) is 0.856. The highest BCUT2D eigenvalue weighted by atomic mass is 16.5. The highest BCUT2D eigenvalue weighted by Gasteiger charge is 2.18. The molecule has 0 saturated carbocycles. The first kappa shape index (κ1) is 11.8. The van der Waals surface area contributed by atoms with E-state index in [0.29, 0.717) is 17.6 Å². The van der Waals surface area contributed by atoms with Crippen LogP contribution in [0.3, 0.4) is 0 Å². The minimum absolute atomic E-state index is 0.405. The zero-order valence-electron chi connectivity index (χ0n) is 10.3. The van der Waals surface area contributed by atoms with E-state index in [2.05, 4.69) is 29.1 Å². The van der Waals surface area contributed by atoms with E-state index in [-0.39, 0.29) is 0 Å². The van der Waals surface area contributed by atoms with E-state index in [1.165, 1.54) is 0 Å². The summed E-state index contributed by atoms with van der Waals surface area (Å²) in [6.07, 6.45) is 4.34. The Hall–Kier alpha value is -1.69. The molecule has 92 valence electrons. The monoisotopic (exact) mass is 235 g/mol. The summed E-state index contributed by atoms with van der Waals surface area (Å²) in [6, 6.07) is -0.405. The van der Waals surface area contributed by atoms with E-state index >= 15 is 0 Å². The van der Waals surface area contributed by atoms with Crippen molar-refractivity contribution in [2.75, 3.05) is 0 Å². The maximum atomic E-state index is 6.02. The lowest BCUT2D eigenvalue weighted by atomic mass is 10.1. The van der Waals surface area contributed by atoms with Crippen molar-refractivity contribution in [1.29, 1.82) is 0 Å². The van der Waals surface area contributed by atoms with Crippen LogP contribution in [0.5, 0.6) is 0 Å². The SMILES string of the molecule is CC(C)Cc1noc(C(N)c2cnn(C)c2)n1. The molecule has 1 unspecified atom stereocenters. The fourth-order valence-corrected chi connectivity index (χ4v) is 1.59. The predicted molar refractivity (Wildman–Crippen MR) is 62.1 cm³/mol. The van der Waals surface area contributed by atoms with Crippen molar-refractivity contribution < 1.29 is 4.52 Å². The lowest BCUT2D eigenvalue weighted by Crippen LogP contribution is -2.11. The molecule has 2 heterocycles. The zero-order chi connectivity index (χ0) is 12.4. The Kier molecular flexibility index (Phi) is 3.23. The van der Waals surface area contributed by atoms with Gasteiger partial charge in [-0.2, -0.15) is 10.1 Å². The Morgan fingerprint density at radius 2 is 2.24 bits per heavy atom. The highest BCUT2D eigenvalue weighted by molar-refractivity contribution is 5.16. The molecule has 0 bridgehead atoms. The molecule has 6 heteroatoms. The molecule has 0 aliphatic carbocycles. The van der Waals surface area contributed by atoms with E-state index < -0.39 is 6.04 Å². The molecule has 0 aromatic carbocycles. The molecule has 0 aliphatic heterocycles. The molecule has 0 radical (unpaired) electrons. The van der Waals surface area contributed by atoms with Gasteiger partial charge < -0.3 is 10.3 Å². The van der Waals surface area contributed by atoms with Gasteiger partial charge in [-0.05, 0) is 5.92 Å². The molecule has 2 aromatic rings. The van der Waals surface area contributed by atoms with Gasteiger partial charge in [0.25, 0.3) is 0 Å². The second-order valence-corrected chi connectivity index (χ2v) is 4.57. The molecule has 2 rings (SSSR count). The maximum absolute atomic E-state index is 6.02. The van der Waals surface area contributed by atoms with Crippen molar-refractivity contribution in [1.82, 2.24) is 19.9 Å². The van der Waals surface area contributed by atoms with Gasteiger partial charge in [-0.15, -0.1) is 0 Å². The molecule has 0 saturated heterocycles. The van der Waals surface area contributed by atoms with E-state index in [0.717, 1.165) is 12.0 Å². The first-order valence-corrected chi connectivity index (χ1v) is 5.63. The average molecular weight is 235 g/mol. The highest BCUT2D eigenvalue weighted by Crippen LogP contribution is 2.17. The van der Waals surface area contributed by atoms with Crippen LogP contribution in [0.4, 0.5) is 0 Å². The van der Waals surface area contributed by atoms with Crippen molar-refractivity contribution in [3.8, 4) is 0 Å². The Bertz CT molecular complexity index is 488. The topological polar surface area (TPSA) is 82.8 Å². The predicted octanol–water partition coefficient (Wildman–Crippen LogP) is 1.05. The first-order chi connectivity index (χ1) is 8.06. The standard InChI is InChI=1S/C11H17N5O/c1-7(2)4-9-14-11(17-15-9)10(12)8-5-13-16(3)6-8/h5-7,10H,4,12H2,1-3H3. The molecular weight excluding hydrogens is 218 g/mol. The summed E-state index contributed by atoms with van der Waals surface area (Å²) < 4.78 is 6.86. The number of aromatic nitrogens is 4. The maximum Gasteiger partial charge on any atom is 0.248 e. The van der Waals surface area contributed by atoms with Gasteiger partial charge in [0.05, 0.1) is 6.20 Å². The minimum atomic E-state index is -0.405. The Balaban J connectivity index is 2.14. The summed E-state index contributed by atoms with van der Waals surface area (Å²) in [5, 5.41) is 7.98. The third-order valence-corrected chi connectivity index (χ3v) is 2.42. The molecule has 2 N–H and O–H groups in total. The fraction of sp³-hybridized carbons (Fsp3) is 0.545. The van der Waals surface area contributed by atoms with Crippen LogP contribution in [0.2, 0.25) is 0 Å². The van der Waals surface area contributed by atoms with Crippen LogP contribution >= 0.6 is 0 Å². The summed E-state index contributed by atoms with van der Waals surface area (Å²) in [6.45, 7) is 4.22. The molecule has 0 amide bonds. The van der Waals surface area contributed by atoms with Gasteiger partial charge in [0.15, 0.2) is 5.82 Å². The summed E-state index contributed by atoms with van der Waals surface area (Å²) in [4.78, 5) is 4.30. The van der Waals surface area contributed by atoms with Crippen molar-refractivity contribution in [2.24, 2.45) is 18.7 Å². The number of rotatable bonds is 4. The van der Waals surface area contributed by atoms with Gasteiger partial charge in [-0.3, -0.25) is 4.68 Å². The normalized spacial score (nSPS) is 13.2. The largest absolute Gasteiger partial charge is 0.337 e. The Morgan fingerprint density at radius 1 is 1.47 bits per heavy atom. The molecule has 2 aromatic heterocycles. The number of aryl methyl sites for hydroxylation is 1. The van der Waals surface area contributed by atoms with Gasteiger partial charge in [0.2, 0.25) is 5.89 Å². The van der Waals surface area contributed by atoms with Gasteiger partial charge in [0, 0.05) is 25.2 Å². The fourth-order valence-electron chi connectivity index (χ4n) is 1.59. The number of nitrogens with two attached hydrogens (primary N) is 1. The Labute approximate surface area is 99.8 Å². The van der Waals surface area contributed by atoms with Gasteiger partial charge in [0.1, 0.15) is 6.04 Å². The van der Waals surface area contributed by atoms with Crippen LogP contribution in [0.1, 0.15) is 37.2 Å². The Morgan fingerprint density at radius 3 is 2.82 bits per heavy atom. The van der Waals surface area contributed by atoms with Crippen molar-refractivity contribution in [3.63, 3.8) is 0 Å². The summed E-state index contributed by atoms with van der Waals surface area (Å²) in [5.74, 6) is 1.64.